The number of anilines is 3. The van der Waals surface area contributed by atoms with Gasteiger partial charge in [-0.05, 0) is 144 Å². The summed E-state index contributed by atoms with van der Waals surface area (Å²) in [7, 11) is 0. The Hall–Kier alpha value is -6.71. The Kier molecular flexibility index (Phi) is 22.0. The van der Waals surface area contributed by atoms with E-state index in [1.54, 1.807) is 0 Å². The molecule has 81 heavy (non-hydrogen) atoms. The van der Waals surface area contributed by atoms with Gasteiger partial charge in [-0.25, -0.2) is 4.98 Å². The molecule has 4 heterocycles. The molecular weight excluding hydrogens is 980 g/mol. The van der Waals surface area contributed by atoms with Gasteiger partial charge in [0.1, 0.15) is 0 Å². The minimum Gasteiger partial charge on any atom is -0.382 e. The second kappa shape index (κ2) is 28.8. The third-order valence-electron chi connectivity index (χ3n) is 15.8. The molecule has 2 aliphatic heterocycles. The van der Waals surface area contributed by atoms with Crippen LogP contribution in [0.4, 0.5) is 22.7 Å². The predicted octanol–water partition coefficient (Wildman–Crippen LogP) is 17.2. The average Bonchev–Trinajstić information content (AvgIpc) is 3.56. The van der Waals surface area contributed by atoms with E-state index in [2.05, 4.69) is 252 Å². The van der Waals surface area contributed by atoms with Crippen LogP contribution in [0, 0.1) is 6.07 Å². The van der Waals surface area contributed by atoms with Crippen molar-refractivity contribution in [3.63, 3.8) is 0 Å². The number of benzene rings is 6. The average molecular weight is 1070 g/mol. The molecule has 3 unspecified atom stereocenters. The van der Waals surface area contributed by atoms with Crippen molar-refractivity contribution < 1.29 is 18.9 Å². The van der Waals surface area contributed by atoms with Crippen molar-refractivity contribution in [3.05, 3.63) is 225 Å². The zero-order valence-electron chi connectivity index (χ0n) is 51.5. The standard InChI is InChI=1S/C37H45N3.C28H33N3.C9H11.Li/c1-23(2)28-14-8-9-15-31(28)37(40-36-29(24(3)4)16-11-17-30(36)25(5)6)34-20-12-19-33(39-34)32-18-10-13-27-22-21-26(7)38-35(27)32;1-18(2)23-11-8-12-24(19(3)4)28(23)29-17-22-10-7-14-26(31-22)25-13-6-9-21-16-15-20(5)30-27(21)25;1-8(2)9-6-4-3-5-7-9;/h8-20,23-26,37-38,40H,21-22H2,1-7H3;6-14,17-20,30H,15-16H2,1-5H3;3-6,8H,1-2H3;/q;;-1;+1. The zero-order chi connectivity index (χ0) is 57.0. The monoisotopic (exact) mass is 1070 g/mol. The molecule has 8 aromatic rings. The fourth-order valence-corrected chi connectivity index (χ4v) is 11.2. The van der Waals surface area contributed by atoms with Crippen molar-refractivity contribution in [1.82, 2.24) is 9.97 Å². The fourth-order valence-electron chi connectivity index (χ4n) is 11.2. The Morgan fingerprint density at radius 1 is 0.481 bits per heavy atom. The van der Waals surface area contributed by atoms with E-state index >= 15 is 0 Å². The Morgan fingerprint density at radius 2 is 0.938 bits per heavy atom. The minimum atomic E-state index is -0.0811. The van der Waals surface area contributed by atoms with Gasteiger partial charge in [0.25, 0.3) is 0 Å². The van der Waals surface area contributed by atoms with Crippen LogP contribution in [0.15, 0.2) is 163 Å². The number of aromatic nitrogens is 2. The number of para-hydroxylation sites is 4. The van der Waals surface area contributed by atoms with Crippen LogP contribution in [0.1, 0.15) is 213 Å². The van der Waals surface area contributed by atoms with Crippen LogP contribution in [0.2, 0.25) is 0 Å². The maximum atomic E-state index is 5.40. The van der Waals surface area contributed by atoms with E-state index in [9.17, 15) is 0 Å². The quantitative estimate of drug-likeness (QED) is 0.0575. The Balaban J connectivity index is 0.000000204. The van der Waals surface area contributed by atoms with Crippen molar-refractivity contribution in [2.24, 2.45) is 4.99 Å². The molecule has 7 heteroatoms. The molecule has 0 radical (unpaired) electrons. The van der Waals surface area contributed by atoms with Gasteiger partial charge in [-0.1, -0.05) is 192 Å². The van der Waals surface area contributed by atoms with Crippen molar-refractivity contribution >= 4 is 29.0 Å². The summed E-state index contributed by atoms with van der Waals surface area (Å²) in [4.78, 5) is 15.3. The van der Waals surface area contributed by atoms with Crippen LogP contribution in [-0.4, -0.2) is 28.3 Å². The normalized spacial score (nSPS) is 15.0. The summed E-state index contributed by atoms with van der Waals surface area (Å²) >= 11 is 0. The number of hydrogen-bond donors (Lipinski definition) is 3. The molecule has 10 rings (SSSR count). The molecule has 0 amide bonds. The number of nitrogens with zero attached hydrogens (tertiary/aromatic N) is 3. The van der Waals surface area contributed by atoms with E-state index in [0.717, 1.165) is 47.7 Å². The maximum absolute atomic E-state index is 5.40. The van der Waals surface area contributed by atoms with Gasteiger partial charge in [0, 0.05) is 40.3 Å². The first-order valence-corrected chi connectivity index (χ1v) is 29.8. The molecule has 2 aliphatic rings. The molecule has 0 fully saturated rings. The molecule has 0 aliphatic carbocycles. The zero-order valence-corrected chi connectivity index (χ0v) is 51.5. The number of hydrogen-bond acceptors (Lipinski definition) is 6. The van der Waals surface area contributed by atoms with Crippen molar-refractivity contribution in [1.29, 1.82) is 0 Å². The second-order valence-corrected chi connectivity index (χ2v) is 24.1. The van der Waals surface area contributed by atoms with Gasteiger partial charge >= 0.3 is 18.9 Å². The number of aryl methyl sites for hydroxylation is 2. The molecular formula is C74H89LiN6. The summed E-state index contributed by atoms with van der Waals surface area (Å²) in [6.45, 7) is 31.5. The second-order valence-electron chi connectivity index (χ2n) is 24.1. The maximum Gasteiger partial charge on any atom is 1.00 e. The SMILES string of the molecule is CC(C)c1[c-]cccc1.CC1CCc2cccc(-c3cccc(C(Nc4c(C(C)C)cccc4C(C)C)c4ccccc4C(C)C)n3)c2N1.CC1CCc2cccc(-c3cccc(C=Nc4c(C(C)C)cccc4C(C)C)n3)c2N1.[Li+]. The van der Waals surface area contributed by atoms with Crippen LogP contribution >= 0.6 is 0 Å². The largest absolute Gasteiger partial charge is 1.00 e. The molecule has 416 valence electrons. The molecule has 6 nitrogen and oxygen atoms in total. The van der Waals surface area contributed by atoms with Gasteiger partial charge in [0.15, 0.2) is 0 Å². The topological polar surface area (TPSA) is 74.2 Å². The van der Waals surface area contributed by atoms with Crippen molar-refractivity contribution in [2.75, 3.05) is 16.0 Å². The summed E-state index contributed by atoms with van der Waals surface area (Å²) in [6, 6.07) is 60.2. The summed E-state index contributed by atoms with van der Waals surface area (Å²) in [6.07, 6.45) is 6.47. The Labute approximate surface area is 499 Å². The van der Waals surface area contributed by atoms with E-state index in [-0.39, 0.29) is 24.9 Å². The van der Waals surface area contributed by atoms with E-state index in [1.165, 1.54) is 84.7 Å². The van der Waals surface area contributed by atoms with Crippen LogP contribution in [0.3, 0.4) is 0 Å². The number of rotatable bonds is 14. The Morgan fingerprint density at radius 3 is 1.43 bits per heavy atom. The molecule has 3 atom stereocenters. The number of fused-ring (bicyclic) bond motifs is 2. The fraction of sp³-hybridized carbons (Fsp3) is 0.365. The third kappa shape index (κ3) is 15.4. The molecule has 0 bridgehead atoms. The van der Waals surface area contributed by atoms with Crippen LogP contribution in [-0.2, 0) is 12.8 Å². The van der Waals surface area contributed by atoms with Gasteiger partial charge in [-0.15, -0.1) is 0 Å². The summed E-state index contributed by atoms with van der Waals surface area (Å²) in [5, 5.41) is 11.5. The predicted molar refractivity (Wildman–Crippen MR) is 344 cm³/mol. The van der Waals surface area contributed by atoms with Gasteiger partial charge in [-0.3, -0.25) is 9.98 Å². The number of aliphatic imine (C=N–C) groups is 1. The number of nitrogens with one attached hydrogen (secondary N) is 3. The number of pyridine rings is 2. The van der Waals surface area contributed by atoms with E-state index < -0.39 is 0 Å². The molecule has 0 saturated heterocycles. The first-order chi connectivity index (χ1) is 38.5. The van der Waals surface area contributed by atoms with E-state index in [1.807, 2.05) is 30.5 Å². The van der Waals surface area contributed by atoms with Gasteiger partial charge < -0.3 is 16.0 Å². The van der Waals surface area contributed by atoms with Crippen LogP contribution in [0.25, 0.3) is 22.5 Å². The smallest absolute Gasteiger partial charge is 0.382 e. The first kappa shape index (κ1) is 61.9. The Bertz CT molecular complexity index is 3280. The van der Waals surface area contributed by atoms with Crippen LogP contribution in [0.5, 0.6) is 0 Å². The van der Waals surface area contributed by atoms with Gasteiger partial charge in [0.05, 0.1) is 40.7 Å². The van der Waals surface area contributed by atoms with Gasteiger partial charge in [0.2, 0.25) is 0 Å². The molecule has 0 saturated carbocycles. The molecule has 6 aromatic carbocycles. The van der Waals surface area contributed by atoms with Crippen molar-refractivity contribution in [2.45, 2.75) is 176 Å². The third-order valence-corrected chi connectivity index (χ3v) is 15.8. The van der Waals surface area contributed by atoms with E-state index in [0.29, 0.717) is 47.6 Å². The molecule has 2 aromatic heterocycles. The summed E-state index contributed by atoms with van der Waals surface area (Å²) < 4.78 is 0. The minimum absolute atomic E-state index is 0. The van der Waals surface area contributed by atoms with Gasteiger partial charge in [-0.2, -0.15) is 35.9 Å². The van der Waals surface area contributed by atoms with Crippen molar-refractivity contribution in [3.8, 4) is 22.5 Å². The first-order valence-electron chi connectivity index (χ1n) is 29.8. The molecule has 0 spiro atoms. The summed E-state index contributed by atoms with van der Waals surface area (Å²) in [5.74, 6) is 2.67. The van der Waals surface area contributed by atoms with E-state index in [4.69, 9.17) is 15.0 Å². The molecule has 3 N–H and O–H groups in total. The van der Waals surface area contributed by atoms with Crippen LogP contribution < -0.4 is 34.8 Å². The summed E-state index contributed by atoms with van der Waals surface area (Å²) in [5.41, 5.74) is 23.1.